The molecule has 2 heterocycles. The van der Waals surface area contributed by atoms with Gasteiger partial charge in [0.2, 0.25) is 0 Å². The summed E-state index contributed by atoms with van der Waals surface area (Å²) in [5.41, 5.74) is 1.97. The van der Waals surface area contributed by atoms with Crippen LogP contribution in [0.5, 0.6) is 0 Å². The van der Waals surface area contributed by atoms with E-state index in [4.69, 9.17) is 5.26 Å². The van der Waals surface area contributed by atoms with Gasteiger partial charge in [-0.2, -0.15) is 15.0 Å². The Balaban J connectivity index is 2.73. The van der Waals surface area contributed by atoms with E-state index >= 15 is 0 Å². The summed E-state index contributed by atoms with van der Waals surface area (Å²) in [5, 5.41) is 28.1. The maximum atomic E-state index is 9.11. The van der Waals surface area contributed by atoms with Crippen molar-refractivity contribution in [3.8, 4) is 11.9 Å². The zero-order chi connectivity index (χ0) is 11.7. The van der Waals surface area contributed by atoms with E-state index < -0.39 is 0 Å². The summed E-state index contributed by atoms with van der Waals surface area (Å²) in [6.45, 7) is 5.36. The number of aromatic nitrogens is 6. The summed E-state index contributed by atoms with van der Waals surface area (Å²) >= 11 is 0. The van der Waals surface area contributed by atoms with Gasteiger partial charge in [-0.3, -0.25) is 0 Å². The molecule has 0 N–H and O–H groups in total. The Bertz CT molecular complexity index is 578. The predicted molar refractivity (Wildman–Crippen MR) is 53.7 cm³/mol. The zero-order valence-corrected chi connectivity index (χ0v) is 9.13. The summed E-state index contributed by atoms with van der Waals surface area (Å²) in [7, 11) is 0. The Morgan fingerprint density at radius 3 is 2.44 bits per heavy atom. The highest BCUT2D eigenvalue weighted by atomic mass is 15.6. The minimum absolute atomic E-state index is 0.369. The Hall–Kier alpha value is -2.36. The molecule has 7 nitrogen and oxygen atoms in total. The van der Waals surface area contributed by atoms with Gasteiger partial charge in [0.1, 0.15) is 11.6 Å². The molecule has 0 atom stereocenters. The van der Waals surface area contributed by atoms with Gasteiger partial charge in [0.15, 0.2) is 11.6 Å². The van der Waals surface area contributed by atoms with E-state index in [1.54, 1.807) is 13.8 Å². The second kappa shape index (κ2) is 3.66. The Morgan fingerprint density at radius 2 is 1.88 bits per heavy atom. The number of nitriles is 1. The van der Waals surface area contributed by atoms with Crippen molar-refractivity contribution in [3.63, 3.8) is 0 Å². The average molecular weight is 215 g/mol. The number of hydrogen-bond donors (Lipinski definition) is 0. The van der Waals surface area contributed by atoms with Crippen molar-refractivity contribution in [2.24, 2.45) is 0 Å². The monoisotopic (exact) mass is 215 g/mol. The number of tetrazole rings is 1. The summed E-state index contributed by atoms with van der Waals surface area (Å²) in [6, 6.07) is 2.10. The first kappa shape index (κ1) is 10.2. The second-order valence-electron chi connectivity index (χ2n) is 3.36. The first-order valence-electron chi connectivity index (χ1n) is 4.64. The molecule has 0 aliphatic carbocycles. The van der Waals surface area contributed by atoms with Gasteiger partial charge in [0.05, 0.1) is 5.69 Å². The third kappa shape index (κ3) is 1.40. The predicted octanol–water partition coefficient (Wildman–Crippen LogP) is 0.249. The van der Waals surface area contributed by atoms with E-state index in [9.17, 15) is 0 Å². The van der Waals surface area contributed by atoms with Crippen LogP contribution in [0, 0.1) is 32.1 Å². The Labute approximate surface area is 91.7 Å². The van der Waals surface area contributed by atoms with Crippen molar-refractivity contribution in [1.29, 1.82) is 5.26 Å². The van der Waals surface area contributed by atoms with Crippen molar-refractivity contribution in [3.05, 3.63) is 22.6 Å². The number of nitrogens with zero attached hydrogens (tertiary/aromatic N) is 7. The molecular weight excluding hydrogens is 206 g/mol. The SMILES string of the molecule is Cc1nnc(-n2nnnc2C)c(C#N)c1C. The van der Waals surface area contributed by atoms with E-state index in [2.05, 4.69) is 31.8 Å². The molecule has 2 aromatic rings. The first-order valence-corrected chi connectivity index (χ1v) is 4.64. The van der Waals surface area contributed by atoms with Crippen LogP contribution >= 0.6 is 0 Å². The lowest BCUT2D eigenvalue weighted by Crippen LogP contribution is -2.09. The van der Waals surface area contributed by atoms with E-state index in [0.29, 0.717) is 17.2 Å². The third-order valence-electron chi connectivity index (χ3n) is 2.37. The van der Waals surface area contributed by atoms with Crippen molar-refractivity contribution in [2.75, 3.05) is 0 Å². The molecule has 0 amide bonds. The molecule has 0 unspecified atom stereocenters. The highest BCUT2D eigenvalue weighted by Crippen LogP contribution is 2.15. The average Bonchev–Trinajstić information content (AvgIpc) is 2.68. The number of rotatable bonds is 1. The molecule has 2 rings (SSSR count). The molecule has 80 valence electrons. The van der Waals surface area contributed by atoms with Crippen molar-refractivity contribution in [1.82, 2.24) is 30.4 Å². The second-order valence-corrected chi connectivity index (χ2v) is 3.36. The van der Waals surface area contributed by atoms with E-state index in [1.807, 2.05) is 6.92 Å². The normalized spacial score (nSPS) is 10.1. The fraction of sp³-hybridized carbons (Fsp3) is 0.333. The molecule has 0 spiro atoms. The van der Waals surface area contributed by atoms with Crippen LogP contribution in [0.25, 0.3) is 5.82 Å². The fourth-order valence-electron chi connectivity index (χ4n) is 1.31. The lowest BCUT2D eigenvalue weighted by Gasteiger charge is -2.06. The zero-order valence-electron chi connectivity index (χ0n) is 9.13. The third-order valence-corrected chi connectivity index (χ3v) is 2.37. The van der Waals surface area contributed by atoms with Crippen LogP contribution in [0.15, 0.2) is 0 Å². The first-order chi connectivity index (χ1) is 7.65. The van der Waals surface area contributed by atoms with Gasteiger partial charge in [-0.25, -0.2) is 0 Å². The molecule has 0 saturated carbocycles. The molecule has 0 aliphatic heterocycles. The van der Waals surface area contributed by atoms with Gasteiger partial charge in [-0.15, -0.1) is 10.2 Å². The van der Waals surface area contributed by atoms with E-state index in [-0.39, 0.29) is 0 Å². The quantitative estimate of drug-likeness (QED) is 0.676. The smallest absolute Gasteiger partial charge is 0.192 e. The minimum atomic E-state index is 0.369. The standard InChI is InChI=1S/C9H9N7/c1-5-6(2)11-13-9(8(5)4-10)16-7(3)12-14-15-16/h1-3H3. The van der Waals surface area contributed by atoms with Crippen LogP contribution in [0.4, 0.5) is 0 Å². The van der Waals surface area contributed by atoms with Gasteiger partial charge in [-0.1, -0.05) is 0 Å². The van der Waals surface area contributed by atoms with Gasteiger partial charge < -0.3 is 0 Å². The highest BCUT2D eigenvalue weighted by molar-refractivity contribution is 5.48. The molecule has 0 fully saturated rings. The number of aryl methyl sites for hydroxylation is 2. The molecule has 2 aromatic heterocycles. The fourth-order valence-corrected chi connectivity index (χ4v) is 1.31. The number of hydrogen-bond acceptors (Lipinski definition) is 6. The van der Waals surface area contributed by atoms with Gasteiger partial charge >= 0.3 is 0 Å². The van der Waals surface area contributed by atoms with Crippen molar-refractivity contribution >= 4 is 0 Å². The minimum Gasteiger partial charge on any atom is -0.192 e. The van der Waals surface area contributed by atoms with Crippen LogP contribution < -0.4 is 0 Å². The largest absolute Gasteiger partial charge is 0.197 e. The van der Waals surface area contributed by atoms with Crippen LogP contribution in [-0.4, -0.2) is 30.4 Å². The summed E-state index contributed by atoms with van der Waals surface area (Å²) in [6.07, 6.45) is 0. The van der Waals surface area contributed by atoms with E-state index in [0.717, 1.165) is 11.3 Å². The van der Waals surface area contributed by atoms with Crippen LogP contribution in [0.3, 0.4) is 0 Å². The molecule has 0 aliphatic rings. The maximum absolute atomic E-state index is 9.11. The maximum Gasteiger partial charge on any atom is 0.197 e. The lowest BCUT2D eigenvalue weighted by atomic mass is 10.1. The summed E-state index contributed by atoms with van der Waals surface area (Å²) in [5.74, 6) is 0.933. The molecule has 0 radical (unpaired) electrons. The molecule has 16 heavy (non-hydrogen) atoms. The summed E-state index contributed by atoms with van der Waals surface area (Å²) in [4.78, 5) is 0. The van der Waals surface area contributed by atoms with Crippen LogP contribution in [0.1, 0.15) is 22.6 Å². The van der Waals surface area contributed by atoms with Crippen molar-refractivity contribution < 1.29 is 0 Å². The summed E-state index contributed by atoms with van der Waals surface area (Å²) < 4.78 is 1.40. The van der Waals surface area contributed by atoms with Gasteiger partial charge in [0.25, 0.3) is 0 Å². The molecule has 0 aromatic carbocycles. The molecule has 7 heteroatoms. The highest BCUT2D eigenvalue weighted by Gasteiger charge is 2.15. The van der Waals surface area contributed by atoms with Gasteiger partial charge in [-0.05, 0) is 36.8 Å². The Kier molecular flexibility index (Phi) is 2.32. The molecular formula is C9H9N7. The molecule has 0 saturated heterocycles. The lowest BCUT2D eigenvalue weighted by molar-refractivity contribution is 0.735. The van der Waals surface area contributed by atoms with Crippen LogP contribution in [0.2, 0.25) is 0 Å². The van der Waals surface area contributed by atoms with Crippen LogP contribution in [-0.2, 0) is 0 Å². The topological polar surface area (TPSA) is 93.2 Å². The van der Waals surface area contributed by atoms with Crippen molar-refractivity contribution in [2.45, 2.75) is 20.8 Å². The molecule has 0 bridgehead atoms. The Morgan fingerprint density at radius 1 is 1.12 bits per heavy atom. The van der Waals surface area contributed by atoms with E-state index in [1.165, 1.54) is 4.68 Å². The van der Waals surface area contributed by atoms with Gasteiger partial charge in [0, 0.05) is 0 Å².